The molecular formula is C11H12ClN5O. The standard InChI is InChI=1S/C11H12ClN5O/c12-5-1-4-10(18)16-9-3-2-6-14-11(9)17-8-13-7-15-17/h2-3,6-8H,1,4-5H2,(H,16,18). The Kier molecular flexibility index (Phi) is 4.25. The van der Waals surface area contributed by atoms with Crippen molar-refractivity contribution in [1.82, 2.24) is 19.7 Å². The van der Waals surface area contributed by atoms with Crippen molar-refractivity contribution >= 4 is 23.2 Å². The van der Waals surface area contributed by atoms with Gasteiger partial charge < -0.3 is 5.32 Å². The summed E-state index contributed by atoms with van der Waals surface area (Å²) in [6.45, 7) is 0. The average molecular weight is 266 g/mol. The molecule has 7 heteroatoms. The molecule has 0 aliphatic carbocycles. The normalized spacial score (nSPS) is 10.3. The first-order valence-corrected chi connectivity index (χ1v) is 6.00. The van der Waals surface area contributed by atoms with E-state index in [0.717, 1.165) is 0 Å². The van der Waals surface area contributed by atoms with Crippen LogP contribution in [0.1, 0.15) is 12.8 Å². The molecule has 0 aromatic carbocycles. The number of alkyl halides is 1. The van der Waals surface area contributed by atoms with Crippen LogP contribution in [0.4, 0.5) is 5.69 Å². The second kappa shape index (κ2) is 6.11. The third-order valence-corrected chi connectivity index (χ3v) is 2.50. The van der Waals surface area contributed by atoms with Gasteiger partial charge in [0, 0.05) is 18.5 Å². The molecule has 0 unspecified atom stereocenters. The topological polar surface area (TPSA) is 72.7 Å². The van der Waals surface area contributed by atoms with Crippen molar-refractivity contribution in [2.45, 2.75) is 12.8 Å². The van der Waals surface area contributed by atoms with Gasteiger partial charge in [-0.15, -0.1) is 11.6 Å². The van der Waals surface area contributed by atoms with Crippen LogP contribution in [-0.2, 0) is 4.79 Å². The van der Waals surface area contributed by atoms with Gasteiger partial charge in [-0.1, -0.05) is 0 Å². The highest BCUT2D eigenvalue weighted by molar-refractivity contribution is 6.18. The molecule has 0 aliphatic heterocycles. The fraction of sp³-hybridized carbons (Fsp3) is 0.273. The molecule has 1 amide bonds. The Morgan fingerprint density at radius 2 is 2.39 bits per heavy atom. The van der Waals surface area contributed by atoms with Crippen LogP contribution < -0.4 is 5.32 Å². The maximum absolute atomic E-state index is 11.7. The number of nitrogens with zero attached hydrogens (tertiary/aromatic N) is 4. The van der Waals surface area contributed by atoms with Gasteiger partial charge in [-0.05, 0) is 18.6 Å². The molecule has 0 saturated carbocycles. The van der Waals surface area contributed by atoms with Crippen molar-refractivity contribution in [3.8, 4) is 5.82 Å². The number of hydrogen-bond acceptors (Lipinski definition) is 4. The minimum Gasteiger partial charge on any atom is -0.323 e. The van der Waals surface area contributed by atoms with Crippen LogP contribution in [0, 0.1) is 0 Å². The number of carbonyl (C=O) groups excluding carboxylic acids is 1. The van der Waals surface area contributed by atoms with Gasteiger partial charge >= 0.3 is 0 Å². The second-order valence-electron chi connectivity index (χ2n) is 3.56. The predicted octanol–water partition coefficient (Wildman–Crippen LogP) is 1.62. The van der Waals surface area contributed by atoms with Crippen LogP contribution in [0.15, 0.2) is 31.0 Å². The van der Waals surface area contributed by atoms with E-state index in [2.05, 4.69) is 20.4 Å². The molecule has 0 radical (unpaired) electrons. The lowest BCUT2D eigenvalue weighted by Crippen LogP contribution is -2.14. The Balaban J connectivity index is 2.16. The number of anilines is 1. The molecular weight excluding hydrogens is 254 g/mol. The summed E-state index contributed by atoms with van der Waals surface area (Å²) in [4.78, 5) is 19.7. The van der Waals surface area contributed by atoms with Crippen LogP contribution in [-0.4, -0.2) is 31.5 Å². The Labute approximate surface area is 109 Å². The fourth-order valence-electron chi connectivity index (χ4n) is 1.43. The molecule has 6 nitrogen and oxygen atoms in total. The van der Waals surface area contributed by atoms with Gasteiger partial charge in [0.1, 0.15) is 12.7 Å². The zero-order valence-corrected chi connectivity index (χ0v) is 10.3. The summed E-state index contributed by atoms with van der Waals surface area (Å²) in [6.07, 6.45) is 5.59. The number of rotatable bonds is 5. The van der Waals surface area contributed by atoms with E-state index < -0.39 is 0 Å². The number of halogens is 1. The smallest absolute Gasteiger partial charge is 0.224 e. The number of aromatic nitrogens is 4. The molecule has 18 heavy (non-hydrogen) atoms. The Bertz CT molecular complexity index is 514. The second-order valence-corrected chi connectivity index (χ2v) is 3.93. The van der Waals surface area contributed by atoms with Crippen LogP contribution in [0.2, 0.25) is 0 Å². The van der Waals surface area contributed by atoms with E-state index in [0.29, 0.717) is 30.2 Å². The van der Waals surface area contributed by atoms with Crippen LogP contribution in [0.3, 0.4) is 0 Å². The van der Waals surface area contributed by atoms with E-state index in [1.54, 1.807) is 18.3 Å². The highest BCUT2D eigenvalue weighted by Gasteiger charge is 2.09. The molecule has 2 heterocycles. The van der Waals surface area contributed by atoms with E-state index in [1.165, 1.54) is 17.3 Å². The molecule has 0 spiro atoms. The first-order chi connectivity index (χ1) is 8.81. The quantitative estimate of drug-likeness (QED) is 0.834. The predicted molar refractivity (Wildman–Crippen MR) is 67.7 cm³/mol. The van der Waals surface area contributed by atoms with Crippen LogP contribution in [0.5, 0.6) is 0 Å². The molecule has 1 N–H and O–H groups in total. The minimum absolute atomic E-state index is 0.0926. The number of nitrogens with one attached hydrogen (secondary N) is 1. The maximum Gasteiger partial charge on any atom is 0.224 e. The molecule has 2 aromatic rings. The molecule has 0 fully saturated rings. The summed E-state index contributed by atoms with van der Waals surface area (Å²) in [5.41, 5.74) is 0.600. The lowest BCUT2D eigenvalue weighted by molar-refractivity contribution is -0.116. The Morgan fingerprint density at radius 3 is 3.11 bits per heavy atom. The van der Waals surface area contributed by atoms with Crippen molar-refractivity contribution in [2.24, 2.45) is 0 Å². The van der Waals surface area contributed by atoms with Gasteiger partial charge in [0.25, 0.3) is 0 Å². The fourth-order valence-corrected chi connectivity index (χ4v) is 1.57. The minimum atomic E-state index is -0.0926. The van der Waals surface area contributed by atoms with Crippen molar-refractivity contribution < 1.29 is 4.79 Å². The molecule has 2 aromatic heterocycles. The van der Waals surface area contributed by atoms with Crippen molar-refractivity contribution in [1.29, 1.82) is 0 Å². The van der Waals surface area contributed by atoms with Gasteiger partial charge in [0.05, 0.1) is 5.69 Å². The summed E-state index contributed by atoms with van der Waals surface area (Å²) < 4.78 is 1.50. The van der Waals surface area contributed by atoms with Gasteiger partial charge in [0.2, 0.25) is 5.91 Å². The first-order valence-electron chi connectivity index (χ1n) is 5.47. The van der Waals surface area contributed by atoms with Gasteiger partial charge in [-0.3, -0.25) is 4.79 Å². The summed E-state index contributed by atoms with van der Waals surface area (Å²) in [5.74, 6) is 0.912. The SMILES string of the molecule is O=C(CCCCl)Nc1cccnc1-n1cncn1. The summed E-state index contributed by atoms with van der Waals surface area (Å²) >= 11 is 5.55. The zero-order valence-electron chi connectivity index (χ0n) is 9.58. The largest absolute Gasteiger partial charge is 0.323 e. The van der Waals surface area contributed by atoms with Crippen molar-refractivity contribution in [2.75, 3.05) is 11.2 Å². The van der Waals surface area contributed by atoms with Gasteiger partial charge in [-0.25, -0.2) is 14.6 Å². The van der Waals surface area contributed by atoms with E-state index in [-0.39, 0.29) is 5.91 Å². The Morgan fingerprint density at radius 1 is 1.50 bits per heavy atom. The average Bonchev–Trinajstić information content (AvgIpc) is 2.91. The third-order valence-electron chi connectivity index (χ3n) is 2.23. The van der Waals surface area contributed by atoms with Gasteiger partial charge in [0.15, 0.2) is 5.82 Å². The molecule has 0 atom stereocenters. The van der Waals surface area contributed by atoms with Crippen LogP contribution >= 0.6 is 11.6 Å². The molecule has 94 valence electrons. The third kappa shape index (κ3) is 3.04. The van der Waals surface area contributed by atoms with E-state index >= 15 is 0 Å². The highest BCUT2D eigenvalue weighted by atomic mass is 35.5. The van der Waals surface area contributed by atoms with Crippen LogP contribution in [0.25, 0.3) is 5.82 Å². The lowest BCUT2D eigenvalue weighted by atomic mass is 10.3. The highest BCUT2D eigenvalue weighted by Crippen LogP contribution is 2.16. The van der Waals surface area contributed by atoms with E-state index in [9.17, 15) is 4.79 Å². The zero-order chi connectivity index (χ0) is 12.8. The number of amides is 1. The molecule has 0 aliphatic rings. The van der Waals surface area contributed by atoms with Gasteiger partial charge in [-0.2, -0.15) is 5.10 Å². The number of carbonyl (C=O) groups is 1. The monoisotopic (exact) mass is 265 g/mol. The van der Waals surface area contributed by atoms with E-state index in [4.69, 9.17) is 11.6 Å². The summed E-state index contributed by atoms with van der Waals surface area (Å²) in [6, 6.07) is 3.51. The molecule has 0 saturated heterocycles. The van der Waals surface area contributed by atoms with Crippen molar-refractivity contribution in [3.05, 3.63) is 31.0 Å². The summed E-state index contributed by atoms with van der Waals surface area (Å²) in [5, 5.41) is 6.77. The molecule has 2 rings (SSSR count). The summed E-state index contributed by atoms with van der Waals surface area (Å²) in [7, 11) is 0. The first kappa shape index (κ1) is 12.5. The Hall–Kier alpha value is -1.95. The lowest BCUT2D eigenvalue weighted by Gasteiger charge is -2.08. The van der Waals surface area contributed by atoms with Crippen molar-refractivity contribution in [3.63, 3.8) is 0 Å². The number of hydrogen-bond donors (Lipinski definition) is 1. The maximum atomic E-state index is 11.7. The number of pyridine rings is 1. The van der Waals surface area contributed by atoms with E-state index in [1.807, 2.05) is 0 Å². The molecule has 0 bridgehead atoms.